The number of aryl methyl sites for hydroxylation is 1. The molecule has 1 fully saturated rings. The molecule has 0 bridgehead atoms. The van der Waals surface area contributed by atoms with E-state index in [1.165, 1.54) is 6.92 Å². The number of piperidine rings is 1. The number of likely N-dealkylation sites (tertiary alicyclic amines) is 1. The Kier molecular flexibility index (Phi) is 5.92. The number of nitrogens with one attached hydrogen (secondary N) is 1. The smallest absolute Gasteiger partial charge is 0.408 e. The predicted octanol–water partition coefficient (Wildman–Crippen LogP) is 2.43. The molecule has 1 N–H and O–H groups in total. The molecule has 5 nitrogen and oxygen atoms in total. The van der Waals surface area contributed by atoms with Crippen LogP contribution >= 0.6 is 0 Å². The predicted molar refractivity (Wildman–Crippen MR) is 85.1 cm³/mol. The number of hydrogen-bond acceptors (Lipinski definition) is 3. The molecule has 2 atom stereocenters. The van der Waals surface area contributed by atoms with Crippen LogP contribution in [-0.2, 0) is 9.59 Å². The highest BCUT2D eigenvalue weighted by molar-refractivity contribution is 5.79. The normalized spacial score (nSPS) is 20.9. The molecule has 8 heteroatoms. The van der Waals surface area contributed by atoms with Gasteiger partial charge in [-0.25, -0.2) is 0 Å². The molecule has 1 aromatic rings. The summed E-state index contributed by atoms with van der Waals surface area (Å²) in [7, 11) is 0. The minimum Gasteiger partial charge on any atom is -0.484 e. The molecule has 0 radical (unpaired) electrons. The summed E-state index contributed by atoms with van der Waals surface area (Å²) in [6.07, 6.45) is -4.59. The Morgan fingerprint density at radius 3 is 2.64 bits per heavy atom. The number of nitrogens with zero attached hydrogens (tertiary/aromatic N) is 1. The summed E-state index contributed by atoms with van der Waals surface area (Å²) in [6, 6.07) is 4.58. The summed E-state index contributed by atoms with van der Waals surface area (Å²) in [4.78, 5) is 24.2. The Morgan fingerprint density at radius 1 is 1.32 bits per heavy atom. The summed E-state index contributed by atoms with van der Waals surface area (Å²) in [5.74, 6) is -0.662. The molecule has 2 amide bonds. The van der Waals surface area contributed by atoms with Gasteiger partial charge in [0.25, 0.3) is 5.91 Å². The summed E-state index contributed by atoms with van der Waals surface area (Å²) in [5, 5.41) is 2.58. The maximum Gasteiger partial charge on any atom is 0.408 e. The molecule has 0 spiro atoms. The van der Waals surface area contributed by atoms with Gasteiger partial charge in [0.1, 0.15) is 11.8 Å². The van der Waals surface area contributed by atoms with E-state index in [0.717, 1.165) is 10.5 Å². The largest absolute Gasteiger partial charge is 0.484 e. The quantitative estimate of drug-likeness (QED) is 0.899. The lowest BCUT2D eigenvalue weighted by atomic mass is 9.97. The molecule has 1 heterocycles. The van der Waals surface area contributed by atoms with Crippen LogP contribution in [0.1, 0.15) is 25.3 Å². The molecule has 2 rings (SSSR count). The van der Waals surface area contributed by atoms with E-state index in [0.29, 0.717) is 5.75 Å². The lowest BCUT2D eigenvalue weighted by molar-refractivity contribution is -0.198. The maximum atomic E-state index is 13.2. The number of rotatable bonds is 4. The fourth-order valence-electron chi connectivity index (χ4n) is 2.93. The van der Waals surface area contributed by atoms with Crippen LogP contribution in [0.15, 0.2) is 24.3 Å². The molecule has 1 saturated heterocycles. The van der Waals surface area contributed by atoms with E-state index in [4.69, 9.17) is 4.74 Å². The van der Waals surface area contributed by atoms with Gasteiger partial charge in [0.15, 0.2) is 6.61 Å². The average molecular weight is 358 g/mol. The van der Waals surface area contributed by atoms with Crippen molar-refractivity contribution in [3.63, 3.8) is 0 Å². The van der Waals surface area contributed by atoms with Crippen molar-refractivity contribution in [2.75, 3.05) is 13.2 Å². The zero-order valence-electron chi connectivity index (χ0n) is 14.1. The number of ether oxygens (including phenoxy) is 1. The highest BCUT2D eigenvalue weighted by atomic mass is 19.4. The molecule has 1 aromatic carbocycles. The molecular weight excluding hydrogens is 337 g/mol. The minimum absolute atomic E-state index is 0.173. The minimum atomic E-state index is -4.51. The first kappa shape index (κ1) is 19.1. The Balaban J connectivity index is 2.06. The third-order valence-electron chi connectivity index (χ3n) is 4.04. The van der Waals surface area contributed by atoms with Crippen molar-refractivity contribution < 1.29 is 27.5 Å². The van der Waals surface area contributed by atoms with Crippen molar-refractivity contribution in [1.29, 1.82) is 0 Å². The fraction of sp³-hybridized carbons (Fsp3) is 0.529. The average Bonchev–Trinajstić information content (AvgIpc) is 2.51. The first-order chi connectivity index (χ1) is 11.7. The first-order valence-electron chi connectivity index (χ1n) is 7.99. The van der Waals surface area contributed by atoms with Crippen LogP contribution in [0, 0.1) is 6.92 Å². The van der Waals surface area contributed by atoms with Crippen LogP contribution in [0.4, 0.5) is 13.2 Å². The molecule has 1 aliphatic heterocycles. The van der Waals surface area contributed by atoms with Gasteiger partial charge in [0.2, 0.25) is 5.91 Å². The number of benzene rings is 1. The van der Waals surface area contributed by atoms with Crippen molar-refractivity contribution in [1.82, 2.24) is 10.2 Å². The topological polar surface area (TPSA) is 58.6 Å². The van der Waals surface area contributed by atoms with Crippen LogP contribution in [-0.4, -0.2) is 48.1 Å². The van der Waals surface area contributed by atoms with Crippen molar-refractivity contribution in [3.05, 3.63) is 29.8 Å². The number of amides is 2. The van der Waals surface area contributed by atoms with Crippen LogP contribution in [0.3, 0.4) is 0 Å². The molecule has 0 saturated carbocycles. The van der Waals surface area contributed by atoms with Crippen LogP contribution in [0.25, 0.3) is 0 Å². The van der Waals surface area contributed by atoms with Crippen molar-refractivity contribution in [3.8, 4) is 5.75 Å². The van der Waals surface area contributed by atoms with Crippen molar-refractivity contribution in [2.45, 2.75) is 44.9 Å². The Labute approximate surface area is 144 Å². The summed E-state index contributed by atoms with van der Waals surface area (Å²) in [5.41, 5.74) is 0.918. The Bertz CT molecular complexity index is 634. The molecule has 1 aliphatic rings. The summed E-state index contributed by atoms with van der Waals surface area (Å²) < 4.78 is 45.0. The van der Waals surface area contributed by atoms with Crippen molar-refractivity contribution >= 4 is 11.8 Å². The number of carbonyl (C=O) groups excluding carboxylic acids is 2. The van der Waals surface area contributed by atoms with Gasteiger partial charge in [0.05, 0.1) is 0 Å². The zero-order valence-corrected chi connectivity index (χ0v) is 14.1. The van der Waals surface area contributed by atoms with E-state index < -0.39 is 30.8 Å². The fourth-order valence-corrected chi connectivity index (χ4v) is 2.93. The summed E-state index contributed by atoms with van der Waals surface area (Å²) in [6.45, 7) is 2.47. The van der Waals surface area contributed by atoms with Crippen molar-refractivity contribution in [2.24, 2.45) is 0 Å². The van der Waals surface area contributed by atoms with E-state index >= 15 is 0 Å². The van der Waals surface area contributed by atoms with E-state index in [-0.39, 0.29) is 25.3 Å². The molecule has 138 valence electrons. The lowest BCUT2D eigenvalue weighted by Gasteiger charge is -2.40. The van der Waals surface area contributed by atoms with Gasteiger partial charge in [-0.3, -0.25) is 9.59 Å². The Morgan fingerprint density at radius 2 is 2.04 bits per heavy atom. The molecule has 0 unspecified atom stereocenters. The third-order valence-corrected chi connectivity index (χ3v) is 4.04. The zero-order chi connectivity index (χ0) is 18.6. The third kappa shape index (κ3) is 5.37. The molecule has 0 aliphatic carbocycles. The van der Waals surface area contributed by atoms with E-state index in [2.05, 4.69) is 5.32 Å². The molecule has 25 heavy (non-hydrogen) atoms. The van der Waals surface area contributed by atoms with Gasteiger partial charge in [-0.05, 0) is 37.5 Å². The van der Waals surface area contributed by atoms with E-state index in [9.17, 15) is 22.8 Å². The van der Waals surface area contributed by atoms with Gasteiger partial charge in [-0.15, -0.1) is 0 Å². The Hall–Kier alpha value is -2.25. The van der Waals surface area contributed by atoms with Crippen LogP contribution in [0.2, 0.25) is 0 Å². The number of alkyl halides is 3. The maximum absolute atomic E-state index is 13.2. The highest BCUT2D eigenvalue weighted by Crippen LogP contribution is 2.32. The van der Waals surface area contributed by atoms with Gasteiger partial charge < -0.3 is 15.0 Å². The van der Waals surface area contributed by atoms with Gasteiger partial charge in [0, 0.05) is 19.5 Å². The lowest BCUT2D eigenvalue weighted by Crippen LogP contribution is -2.59. The first-order valence-corrected chi connectivity index (χ1v) is 7.99. The van der Waals surface area contributed by atoms with E-state index in [1.807, 2.05) is 13.0 Å². The summed E-state index contributed by atoms with van der Waals surface area (Å²) >= 11 is 0. The number of carbonyl (C=O) groups is 2. The molecule has 0 aromatic heterocycles. The van der Waals surface area contributed by atoms with Crippen LogP contribution < -0.4 is 10.1 Å². The highest BCUT2D eigenvalue weighted by Gasteiger charge is 2.48. The number of hydrogen-bond donors (Lipinski definition) is 1. The second-order valence-electron chi connectivity index (χ2n) is 6.18. The second kappa shape index (κ2) is 7.76. The number of halogens is 3. The molecular formula is C17H21F3N2O3. The van der Waals surface area contributed by atoms with Crippen LogP contribution in [0.5, 0.6) is 5.75 Å². The SMILES string of the molecule is CC(=O)N[C@@H]1CC[C@H](C(F)(F)F)N(C(=O)COc2cccc(C)c2)C1. The van der Waals surface area contributed by atoms with Gasteiger partial charge in [-0.2, -0.15) is 13.2 Å². The monoisotopic (exact) mass is 358 g/mol. The standard InChI is InChI=1S/C17H21F3N2O3/c1-11-4-3-5-14(8-11)25-10-16(24)22-9-13(21-12(2)23)6-7-15(22)17(18,19)20/h3-5,8,13,15H,6-7,9-10H2,1-2H3,(H,21,23)/t13-,15-/m1/s1. The van der Waals surface area contributed by atoms with Gasteiger partial charge >= 0.3 is 6.18 Å². The van der Waals surface area contributed by atoms with E-state index in [1.54, 1.807) is 18.2 Å². The second-order valence-corrected chi connectivity index (χ2v) is 6.18. The van der Waals surface area contributed by atoms with Gasteiger partial charge in [-0.1, -0.05) is 12.1 Å².